The highest BCUT2D eigenvalue weighted by molar-refractivity contribution is 5.82. The van der Waals surface area contributed by atoms with Crippen molar-refractivity contribution in [3.63, 3.8) is 0 Å². The topological polar surface area (TPSA) is 52.1 Å². The second kappa shape index (κ2) is 5.22. The van der Waals surface area contributed by atoms with E-state index < -0.39 is 0 Å². The summed E-state index contributed by atoms with van der Waals surface area (Å²) in [6, 6.07) is 13.5. The SMILES string of the molecule is O=C(Oc1cccc(-c2ccc3nccnc3c2)c1)C1CC1. The number of rotatable bonds is 3. The van der Waals surface area contributed by atoms with Crippen molar-refractivity contribution in [2.45, 2.75) is 12.8 Å². The summed E-state index contributed by atoms with van der Waals surface area (Å²) < 4.78 is 5.42. The number of aromatic nitrogens is 2. The van der Waals surface area contributed by atoms with Crippen LogP contribution in [-0.4, -0.2) is 15.9 Å². The van der Waals surface area contributed by atoms with Gasteiger partial charge >= 0.3 is 5.97 Å². The Bertz CT molecular complexity index is 856. The monoisotopic (exact) mass is 290 g/mol. The molecule has 0 N–H and O–H groups in total. The Labute approximate surface area is 127 Å². The molecule has 0 radical (unpaired) electrons. The van der Waals surface area contributed by atoms with Crippen LogP contribution in [0.15, 0.2) is 54.9 Å². The zero-order valence-electron chi connectivity index (χ0n) is 11.9. The molecule has 0 saturated heterocycles. The van der Waals surface area contributed by atoms with Gasteiger partial charge in [0.15, 0.2) is 0 Å². The standard InChI is InChI=1S/C18H14N2O2/c21-18(12-4-5-12)22-15-3-1-2-13(10-15)14-6-7-16-17(11-14)20-9-8-19-16/h1-3,6-12H,4-5H2. The van der Waals surface area contributed by atoms with Crippen LogP contribution in [0, 0.1) is 5.92 Å². The van der Waals surface area contributed by atoms with Crippen molar-refractivity contribution < 1.29 is 9.53 Å². The van der Waals surface area contributed by atoms with Gasteiger partial charge in [-0.3, -0.25) is 14.8 Å². The fraction of sp³-hybridized carbons (Fsp3) is 0.167. The molecule has 1 aliphatic rings. The summed E-state index contributed by atoms with van der Waals surface area (Å²) >= 11 is 0. The summed E-state index contributed by atoms with van der Waals surface area (Å²) in [5.74, 6) is 0.565. The summed E-state index contributed by atoms with van der Waals surface area (Å²) in [7, 11) is 0. The third-order valence-corrected chi connectivity index (χ3v) is 3.77. The molecule has 1 saturated carbocycles. The first-order valence-corrected chi connectivity index (χ1v) is 7.32. The van der Waals surface area contributed by atoms with Crippen molar-refractivity contribution in [1.82, 2.24) is 9.97 Å². The van der Waals surface area contributed by atoms with Crippen molar-refractivity contribution in [2.24, 2.45) is 5.92 Å². The van der Waals surface area contributed by atoms with Crippen LogP contribution in [0.1, 0.15) is 12.8 Å². The Kier molecular flexibility index (Phi) is 3.07. The predicted molar refractivity (Wildman–Crippen MR) is 83.3 cm³/mol. The summed E-state index contributed by atoms with van der Waals surface area (Å²) in [4.78, 5) is 20.3. The van der Waals surface area contributed by atoms with Crippen molar-refractivity contribution in [2.75, 3.05) is 0 Å². The maximum Gasteiger partial charge on any atom is 0.314 e. The lowest BCUT2D eigenvalue weighted by molar-refractivity contribution is -0.135. The summed E-state index contributed by atoms with van der Waals surface area (Å²) in [5, 5.41) is 0. The fourth-order valence-corrected chi connectivity index (χ4v) is 2.40. The van der Waals surface area contributed by atoms with E-state index in [1.165, 1.54) is 0 Å². The molecule has 1 aliphatic carbocycles. The van der Waals surface area contributed by atoms with Gasteiger partial charge in [0.1, 0.15) is 5.75 Å². The Morgan fingerprint density at radius 1 is 0.955 bits per heavy atom. The molecule has 0 amide bonds. The first-order valence-electron chi connectivity index (χ1n) is 7.32. The van der Waals surface area contributed by atoms with Crippen molar-refractivity contribution in [1.29, 1.82) is 0 Å². The third-order valence-electron chi connectivity index (χ3n) is 3.77. The Morgan fingerprint density at radius 2 is 1.73 bits per heavy atom. The molecule has 4 nitrogen and oxygen atoms in total. The Morgan fingerprint density at radius 3 is 2.55 bits per heavy atom. The van der Waals surface area contributed by atoms with Gasteiger partial charge in [0.05, 0.1) is 17.0 Å². The molecule has 4 rings (SSSR count). The first-order chi connectivity index (χ1) is 10.8. The van der Waals surface area contributed by atoms with E-state index in [9.17, 15) is 4.79 Å². The quantitative estimate of drug-likeness (QED) is 0.546. The van der Waals surface area contributed by atoms with Crippen molar-refractivity contribution >= 4 is 17.0 Å². The van der Waals surface area contributed by atoms with Crippen molar-refractivity contribution in [3.05, 3.63) is 54.9 Å². The van der Waals surface area contributed by atoms with Crippen LogP contribution >= 0.6 is 0 Å². The molecule has 0 spiro atoms. The van der Waals surface area contributed by atoms with Gasteiger partial charge in [0, 0.05) is 12.4 Å². The maximum atomic E-state index is 11.8. The molecule has 0 atom stereocenters. The van der Waals surface area contributed by atoms with Gasteiger partial charge in [-0.15, -0.1) is 0 Å². The molecule has 2 aromatic carbocycles. The first kappa shape index (κ1) is 13.0. The number of fused-ring (bicyclic) bond motifs is 1. The number of hydrogen-bond acceptors (Lipinski definition) is 4. The number of nitrogens with zero attached hydrogens (tertiary/aromatic N) is 2. The smallest absolute Gasteiger partial charge is 0.314 e. The number of hydrogen-bond donors (Lipinski definition) is 0. The molecular weight excluding hydrogens is 276 g/mol. The minimum Gasteiger partial charge on any atom is -0.426 e. The number of carbonyl (C=O) groups excluding carboxylic acids is 1. The van der Waals surface area contributed by atoms with Gasteiger partial charge in [-0.25, -0.2) is 0 Å². The largest absolute Gasteiger partial charge is 0.426 e. The van der Waals surface area contributed by atoms with Crippen LogP contribution in [0.2, 0.25) is 0 Å². The van der Waals surface area contributed by atoms with E-state index in [2.05, 4.69) is 9.97 Å². The number of esters is 1. The normalized spacial score (nSPS) is 14.0. The van der Waals surface area contributed by atoms with Crippen LogP contribution in [-0.2, 0) is 4.79 Å². The van der Waals surface area contributed by atoms with Gasteiger partial charge in [0.25, 0.3) is 0 Å². The highest BCUT2D eigenvalue weighted by Crippen LogP contribution is 2.32. The van der Waals surface area contributed by atoms with Crippen LogP contribution in [0.4, 0.5) is 0 Å². The highest BCUT2D eigenvalue weighted by atomic mass is 16.5. The van der Waals surface area contributed by atoms with Crippen molar-refractivity contribution in [3.8, 4) is 16.9 Å². The molecule has 0 aliphatic heterocycles. The molecule has 1 fully saturated rings. The number of carbonyl (C=O) groups is 1. The molecule has 22 heavy (non-hydrogen) atoms. The van der Waals surface area contributed by atoms with Gasteiger partial charge in [0.2, 0.25) is 0 Å². The molecule has 1 heterocycles. The van der Waals surface area contributed by atoms with E-state index in [0.717, 1.165) is 35.0 Å². The number of benzene rings is 2. The zero-order chi connectivity index (χ0) is 14.9. The zero-order valence-corrected chi connectivity index (χ0v) is 11.9. The molecule has 1 aromatic heterocycles. The average Bonchev–Trinajstić information content (AvgIpc) is 3.40. The third kappa shape index (κ3) is 2.55. The Hall–Kier alpha value is -2.75. The minimum atomic E-state index is -0.124. The summed E-state index contributed by atoms with van der Waals surface area (Å²) in [6.45, 7) is 0. The second-order valence-corrected chi connectivity index (χ2v) is 5.48. The lowest BCUT2D eigenvalue weighted by atomic mass is 10.0. The molecule has 3 aromatic rings. The molecule has 0 bridgehead atoms. The van der Waals surface area contributed by atoms with E-state index in [4.69, 9.17) is 4.74 Å². The van der Waals surface area contributed by atoms with E-state index in [-0.39, 0.29) is 11.9 Å². The van der Waals surface area contributed by atoms with E-state index >= 15 is 0 Å². The fourth-order valence-electron chi connectivity index (χ4n) is 2.40. The van der Waals surface area contributed by atoms with Gasteiger partial charge in [-0.2, -0.15) is 0 Å². The molecular formula is C18H14N2O2. The van der Waals surface area contributed by atoms with Gasteiger partial charge < -0.3 is 4.74 Å². The maximum absolute atomic E-state index is 11.8. The van der Waals surface area contributed by atoms with E-state index in [1.54, 1.807) is 12.4 Å². The van der Waals surface area contributed by atoms with Crippen LogP contribution in [0.25, 0.3) is 22.2 Å². The summed E-state index contributed by atoms with van der Waals surface area (Å²) in [5.41, 5.74) is 3.73. The van der Waals surface area contributed by atoms with Gasteiger partial charge in [-0.1, -0.05) is 18.2 Å². The lowest BCUT2D eigenvalue weighted by Gasteiger charge is -2.07. The van der Waals surface area contributed by atoms with E-state index in [1.807, 2.05) is 42.5 Å². The average molecular weight is 290 g/mol. The lowest BCUT2D eigenvalue weighted by Crippen LogP contribution is -2.09. The molecule has 0 unspecified atom stereocenters. The predicted octanol–water partition coefficient (Wildman–Crippen LogP) is 3.61. The molecule has 108 valence electrons. The number of ether oxygens (including phenoxy) is 1. The van der Waals surface area contributed by atoms with Gasteiger partial charge in [-0.05, 0) is 48.2 Å². The Balaban J connectivity index is 1.66. The van der Waals surface area contributed by atoms with E-state index in [0.29, 0.717) is 5.75 Å². The minimum absolute atomic E-state index is 0.0969. The second-order valence-electron chi connectivity index (χ2n) is 5.48. The summed E-state index contributed by atoms with van der Waals surface area (Å²) in [6.07, 6.45) is 5.25. The molecule has 4 heteroatoms. The van der Waals surface area contributed by atoms with Crippen LogP contribution < -0.4 is 4.74 Å². The highest BCUT2D eigenvalue weighted by Gasteiger charge is 2.31. The van der Waals surface area contributed by atoms with Crippen LogP contribution in [0.5, 0.6) is 5.75 Å². The van der Waals surface area contributed by atoms with Crippen LogP contribution in [0.3, 0.4) is 0 Å².